The molecule has 10 heteroatoms. The average Bonchev–Trinajstić information content (AvgIpc) is 3.19. The minimum atomic E-state index is -0.350. The van der Waals surface area contributed by atoms with E-state index in [0.717, 1.165) is 10.2 Å². The Kier molecular flexibility index (Phi) is 6.37. The maximum absolute atomic E-state index is 12.2. The van der Waals surface area contributed by atoms with Crippen molar-refractivity contribution in [1.29, 1.82) is 0 Å². The Balaban J connectivity index is 1.60. The lowest BCUT2D eigenvalue weighted by Gasteiger charge is -2.09. The fourth-order valence-electron chi connectivity index (χ4n) is 2.27. The van der Waals surface area contributed by atoms with Gasteiger partial charge in [-0.1, -0.05) is 34.8 Å². The van der Waals surface area contributed by atoms with E-state index in [1.54, 1.807) is 30.1 Å². The molecule has 1 N–H and O–H groups in total. The van der Waals surface area contributed by atoms with Crippen LogP contribution in [0.2, 0.25) is 15.1 Å². The molecule has 2 aromatic heterocycles. The average molecular weight is 494 g/mol. The van der Waals surface area contributed by atoms with Gasteiger partial charge in [0, 0.05) is 12.1 Å². The second kappa shape index (κ2) is 8.56. The van der Waals surface area contributed by atoms with Gasteiger partial charge in [0.1, 0.15) is 12.4 Å². The van der Waals surface area contributed by atoms with Gasteiger partial charge in [-0.05, 0) is 40.2 Å². The Morgan fingerprint density at radius 1 is 1.30 bits per heavy atom. The summed E-state index contributed by atoms with van der Waals surface area (Å²) in [5.74, 6) is 0.562. The summed E-state index contributed by atoms with van der Waals surface area (Å²) in [6.07, 6.45) is 1.66. The van der Waals surface area contributed by atoms with Crippen LogP contribution in [0, 0.1) is 0 Å². The van der Waals surface area contributed by atoms with E-state index in [0.29, 0.717) is 33.1 Å². The molecular weight excluding hydrogens is 480 g/mol. The van der Waals surface area contributed by atoms with Crippen molar-refractivity contribution in [2.75, 3.05) is 0 Å². The van der Waals surface area contributed by atoms with Gasteiger partial charge in [-0.15, -0.1) is 0 Å². The van der Waals surface area contributed by atoms with Crippen molar-refractivity contribution in [1.82, 2.24) is 15.1 Å². The van der Waals surface area contributed by atoms with Crippen molar-refractivity contribution < 1.29 is 13.9 Å². The molecule has 0 fully saturated rings. The van der Waals surface area contributed by atoms with E-state index in [1.165, 1.54) is 12.1 Å². The number of hydrogen-bond acceptors (Lipinski definition) is 4. The summed E-state index contributed by atoms with van der Waals surface area (Å²) in [6.45, 7) is 0.361. The minimum absolute atomic E-state index is 0.0572. The van der Waals surface area contributed by atoms with Crippen LogP contribution >= 0.6 is 50.7 Å². The molecule has 0 radical (unpaired) electrons. The minimum Gasteiger partial charge on any atom is -0.483 e. The highest BCUT2D eigenvalue weighted by molar-refractivity contribution is 9.10. The number of nitrogens with zero attached hydrogens (tertiary/aromatic N) is 2. The van der Waals surface area contributed by atoms with E-state index in [9.17, 15) is 4.79 Å². The van der Waals surface area contributed by atoms with Crippen LogP contribution in [0.1, 0.15) is 22.0 Å². The number of carbonyl (C=O) groups is 1. The molecule has 0 bridgehead atoms. The van der Waals surface area contributed by atoms with Gasteiger partial charge in [-0.3, -0.25) is 9.48 Å². The summed E-state index contributed by atoms with van der Waals surface area (Å²) in [4.78, 5) is 12.2. The largest absolute Gasteiger partial charge is 0.483 e. The monoisotopic (exact) mass is 491 g/mol. The first kappa shape index (κ1) is 20.1. The molecule has 3 rings (SSSR count). The number of nitrogens with one attached hydrogen (secondary N) is 1. The molecule has 1 aromatic carbocycles. The van der Waals surface area contributed by atoms with Crippen LogP contribution in [0.25, 0.3) is 0 Å². The zero-order chi connectivity index (χ0) is 19.6. The molecule has 0 atom stereocenters. The summed E-state index contributed by atoms with van der Waals surface area (Å²) in [5, 5.41) is 7.86. The Morgan fingerprint density at radius 3 is 2.63 bits per heavy atom. The molecule has 27 heavy (non-hydrogen) atoms. The third-order valence-corrected chi connectivity index (χ3v) is 5.08. The number of ether oxygens (including phenoxy) is 1. The Bertz CT molecular complexity index is 944. The summed E-state index contributed by atoms with van der Waals surface area (Å²) in [7, 11) is 1.79. The zero-order valence-corrected chi connectivity index (χ0v) is 17.8. The molecule has 0 saturated heterocycles. The van der Waals surface area contributed by atoms with E-state index >= 15 is 0 Å². The Labute approximate surface area is 178 Å². The Hall–Kier alpha value is -1.67. The number of furan rings is 1. The van der Waals surface area contributed by atoms with Crippen molar-refractivity contribution in [2.24, 2.45) is 7.05 Å². The highest BCUT2D eigenvalue weighted by atomic mass is 79.9. The van der Waals surface area contributed by atoms with Gasteiger partial charge in [-0.2, -0.15) is 5.10 Å². The van der Waals surface area contributed by atoms with E-state index < -0.39 is 0 Å². The predicted octanol–water partition coefficient (Wildman–Crippen LogP) is 5.24. The van der Waals surface area contributed by atoms with Gasteiger partial charge in [0.05, 0.1) is 33.0 Å². The van der Waals surface area contributed by atoms with Gasteiger partial charge < -0.3 is 14.5 Å². The summed E-state index contributed by atoms with van der Waals surface area (Å²) in [6, 6.07) is 6.27. The third-order valence-electron chi connectivity index (χ3n) is 3.63. The van der Waals surface area contributed by atoms with Crippen LogP contribution < -0.4 is 10.1 Å². The highest BCUT2D eigenvalue weighted by Gasteiger charge is 2.15. The first-order chi connectivity index (χ1) is 12.8. The number of carbonyl (C=O) groups excluding carboxylic acids is 1. The molecule has 0 aliphatic heterocycles. The summed E-state index contributed by atoms with van der Waals surface area (Å²) >= 11 is 21.4. The Morgan fingerprint density at radius 2 is 2.00 bits per heavy atom. The number of halogens is 4. The fraction of sp³-hybridized carbons (Fsp3) is 0.176. The zero-order valence-electron chi connectivity index (χ0n) is 13.9. The third kappa shape index (κ3) is 4.79. The van der Waals surface area contributed by atoms with Crippen molar-refractivity contribution >= 4 is 56.6 Å². The van der Waals surface area contributed by atoms with E-state index in [4.69, 9.17) is 44.0 Å². The van der Waals surface area contributed by atoms with Gasteiger partial charge >= 0.3 is 0 Å². The molecule has 0 unspecified atom stereocenters. The number of benzene rings is 1. The number of aromatic nitrogens is 2. The lowest BCUT2D eigenvalue weighted by atomic mass is 10.3. The van der Waals surface area contributed by atoms with Crippen LogP contribution in [-0.2, 0) is 20.2 Å². The van der Waals surface area contributed by atoms with Crippen molar-refractivity contribution in [2.45, 2.75) is 13.2 Å². The summed E-state index contributed by atoms with van der Waals surface area (Å²) < 4.78 is 13.6. The normalized spacial score (nSPS) is 10.9. The van der Waals surface area contributed by atoms with Gasteiger partial charge in [0.15, 0.2) is 11.5 Å². The van der Waals surface area contributed by atoms with Crippen LogP contribution in [0.3, 0.4) is 0 Å². The number of amides is 1. The number of aryl methyl sites for hydroxylation is 1. The van der Waals surface area contributed by atoms with E-state index in [-0.39, 0.29) is 18.3 Å². The summed E-state index contributed by atoms with van der Waals surface area (Å²) in [5.41, 5.74) is 0.838. The van der Waals surface area contributed by atoms with Crippen molar-refractivity contribution in [3.8, 4) is 5.75 Å². The topological polar surface area (TPSA) is 69.3 Å². The van der Waals surface area contributed by atoms with E-state index in [2.05, 4.69) is 26.3 Å². The van der Waals surface area contributed by atoms with Gasteiger partial charge in [0.2, 0.25) is 0 Å². The molecule has 6 nitrogen and oxygen atoms in total. The highest BCUT2D eigenvalue weighted by Crippen LogP contribution is 2.36. The smallest absolute Gasteiger partial charge is 0.287 e. The number of hydrogen-bond donors (Lipinski definition) is 1. The quantitative estimate of drug-likeness (QED) is 0.510. The molecule has 142 valence electrons. The lowest BCUT2D eigenvalue weighted by molar-refractivity contribution is 0.0918. The number of rotatable bonds is 6. The fourth-order valence-corrected chi connectivity index (χ4v) is 3.69. The molecular formula is C17H13BrCl3N3O3. The second-order valence-electron chi connectivity index (χ2n) is 5.50. The predicted molar refractivity (Wildman–Crippen MR) is 107 cm³/mol. The molecule has 1 amide bonds. The van der Waals surface area contributed by atoms with Crippen LogP contribution in [0.5, 0.6) is 5.75 Å². The van der Waals surface area contributed by atoms with Crippen LogP contribution in [0.15, 0.2) is 39.4 Å². The maximum Gasteiger partial charge on any atom is 0.287 e. The maximum atomic E-state index is 12.2. The second-order valence-corrected chi connectivity index (χ2v) is 7.60. The molecule has 2 heterocycles. The van der Waals surface area contributed by atoms with E-state index in [1.807, 2.05) is 0 Å². The van der Waals surface area contributed by atoms with Gasteiger partial charge in [-0.25, -0.2) is 0 Å². The van der Waals surface area contributed by atoms with Crippen LogP contribution in [0.4, 0.5) is 0 Å². The van der Waals surface area contributed by atoms with Crippen molar-refractivity contribution in [3.63, 3.8) is 0 Å². The first-order valence-electron chi connectivity index (χ1n) is 7.65. The lowest BCUT2D eigenvalue weighted by Crippen LogP contribution is -2.23. The first-order valence-corrected chi connectivity index (χ1v) is 9.58. The van der Waals surface area contributed by atoms with Gasteiger partial charge in [0.25, 0.3) is 5.91 Å². The molecule has 0 aliphatic rings. The molecule has 3 aromatic rings. The SMILES string of the molecule is Cn1ncc(Br)c1CNC(=O)c1ccc(COc2c(Cl)cc(Cl)cc2Cl)o1. The standard InChI is InChI=1S/C17H13BrCl3N3O3/c1-24-14(11(18)6-23-24)7-22-17(25)15-3-2-10(27-15)8-26-16-12(20)4-9(19)5-13(16)21/h2-6H,7-8H2,1H3,(H,22,25). The molecule has 0 saturated carbocycles. The molecule has 0 aliphatic carbocycles. The van der Waals surface area contributed by atoms with Crippen LogP contribution in [-0.4, -0.2) is 15.7 Å². The molecule has 0 spiro atoms. The van der Waals surface area contributed by atoms with Crippen molar-refractivity contribution in [3.05, 3.63) is 67.2 Å².